The van der Waals surface area contributed by atoms with Crippen molar-refractivity contribution in [3.8, 4) is 0 Å². The molecule has 6 atom stereocenters. The maximum absolute atomic E-state index is 13.9. The van der Waals surface area contributed by atoms with Gasteiger partial charge in [0.1, 0.15) is 11.6 Å². The summed E-state index contributed by atoms with van der Waals surface area (Å²) in [4.78, 5) is 78.7. The monoisotopic (exact) mass is 470 g/mol. The van der Waals surface area contributed by atoms with E-state index in [1.807, 2.05) is 20.8 Å². The standard InChI is InChI=1S/C27H34O7/c1-13(7-8-18(31)32)19-15(29)12-26(5)20-14(28)11-16-24(2,3)17(30)9-10-25(16,4)21(20)22(33)23(34)27(19,26)6/h13,16,19H,7-12H2,1-6H3,(H,31,32). The average Bonchev–Trinajstić information content (AvgIpc) is 2.95. The van der Waals surface area contributed by atoms with Crippen molar-refractivity contribution in [2.45, 2.75) is 80.1 Å². The molecule has 0 saturated heterocycles. The summed E-state index contributed by atoms with van der Waals surface area (Å²) in [6.45, 7) is 10.7. The highest BCUT2D eigenvalue weighted by atomic mass is 16.4. The topological polar surface area (TPSA) is 123 Å². The van der Waals surface area contributed by atoms with Crippen molar-refractivity contribution in [2.24, 2.45) is 39.4 Å². The highest BCUT2D eigenvalue weighted by Crippen LogP contribution is 2.69. The van der Waals surface area contributed by atoms with Gasteiger partial charge in [-0.3, -0.25) is 28.8 Å². The van der Waals surface area contributed by atoms with Gasteiger partial charge in [-0.15, -0.1) is 0 Å². The molecule has 7 heteroatoms. The van der Waals surface area contributed by atoms with Gasteiger partial charge < -0.3 is 5.11 Å². The molecular weight excluding hydrogens is 436 g/mol. The first kappa shape index (κ1) is 24.7. The van der Waals surface area contributed by atoms with E-state index in [2.05, 4.69) is 0 Å². The lowest BCUT2D eigenvalue weighted by molar-refractivity contribution is -0.154. The molecule has 6 unspecified atom stereocenters. The van der Waals surface area contributed by atoms with Gasteiger partial charge in [0.25, 0.3) is 0 Å². The summed E-state index contributed by atoms with van der Waals surface area (Å²) >= 11 is 0. The molecule has 7 nitrogen and oxygen atoms in total. The predicted octanol–water partition coefficient (Wildman–Crippen LogP) is 3.52. The summed E-state index contributed by atoms with van der Waals surface area (Å²) in [7, 11) is 0. The predicted molar refractivity (Wildman–Crippen MR) is 122 cm³/mol. The number of hydrogen-bond acceptors (Lipinski definition) is 6. The van der Waals surface area contributed by atoms with Crippen LogP contribution in [0.1, 0.15) is 80.1 Å². The van der Waals surface area contributed by atoms with Crippen LogP contribution in [0.25, 0.3) is 0 Å². The number of allylic oxidation sites excluding steroid dienone is 2. The van der Waals surface area contributed by atoms with Gasteiger partial charge in [0.15, 0.2) is 5.78 Å². The summed E-state index contributed by atoms with van der Waals surface area (Å²) in [5.41, 5.74) is -3.60. The number of carbonyl (C=O) groups is 6. The number of carboxylic acid groups (broad SMARTS) is 1. The Hall–Kier alpha value is -2.44. The van der Waals surface area contributed by atoms with Crippen LogP contribution in [0.2, 0.25) is 0 Å². The minimum atomic E-state index is -1.41. The van der Waals surface area contributed by atoms with Crippen LogP contribution in [0.3, 0.4) is 0 Å². The van der Waals surface area contributed by atoms with E-state index in [4.69, 9.17) is 5.11 Å². The lowest BCUT2D eigenvalue weighted by Crippen LogP contribution is -2.61. The molecule has 0 aliphatic heterocycles. The SMILES string of the molecule is CC(CCC(=O)O)C1C(=O)CC2(C)C3=C(C(=O)C(=O)C12C)C1(C)CCC(=O)C(C)(C)C1CC3=O. The number of aliphatic carboxylic acids is 1. The molecule has 2 saturated carbocycles. The van der Waals surface area contributed by atoms with Crippen LogP contribution in [0, 0.1) is 39.4 Å². The van der Waals surface area contributed by atoms with Gasteiger partial charge in [-0.2, -0.15) is 0 Å². The van der Waals surface area contributed by atoms with E-state index in [-0.39, 0.29) is 60.9 Å². The zero-order valence-electron chi connectivity index (χ0n) is 20.9. The van der Waals surface area contributed by atoms with Crippen molar-refractivity contribution in [1.82, 2.24) is 0 Å². The largest absolute Gasteiger partial charge is 0.481 e. The smallest absolute Gasteiger partial charge is 0.303 e. The van der Waals surface area contributed by atoms with Crippen molar-refractivity contribution in [2.75, 3.05) is 0 Å². The first-order valence-electron chi connectivity index (χ1n) is 12.2. The fraction of sp³-hybridized carbons (Fsp3) is 0.704. The number of fused-ring (bicyclic) bond motifs is 4. The number of carboxylic acids is 1. The first-order valence-corrected chi connectivity index (χ1v) is 12.2. The van der Waals surface area contributed by atoms with Gasteiger partial charge in [0.05, 0.1) is 5.41 Å². The minimum absolute atomic E-state index is 0.0295. The second-order valence-electron chi connectivity index (χ2n) is 12.2. The quantitative estimate of drug-likeness (QED) is 0.624. The maximum Gasteiger partial charge on any atom is 0.303 e. The van der Waals surface area contributed by atoms with Crippen LogP contribution in [0.4, 0.5) is 0 Å². The Morgan fingerprint density at radius 3 is 2.24 bits per heavy atom. The molecule has 2 fully saturated rings. The van der Waals surface area contributed by atoms with Crippen LogP contribution >= 0.6 is 0 Å². The van der Waals surface area contributed by atoms with E-state index < -0.39 is 51.0 Å². The van der Waals surface area contributed by atoms with Crippen molar-refractivity contribution in [3.63, 3.8) is 0 Å². The summed E-state index contributed by atoms with van der Waals surface area (Å²) in [5.74, 6) is -4.38. The lowest BCUT2D eigenvalue weighted by atomic mass is 9.42. The van der Waals surface area contributed by atoms with Crippen LogP contribution in [0.15, 0.2) is 11.1 Å². The Kier molecular flexibility index (Phi) is 5.28. The van der Waals surface area contributed by atoms with E-state index in [0.717, 1.165) is 0 Å². The van der Waals surface area contributed by atoms with Crippen molar-refractivity contribution in [3.05, 3.63) is 11.1 Å². The van der Waals surface area contributed by atoms with E-state index in [0.29, 0.717) is 12.0 Å². The number of carbonyl (C=O) groups excluding carboxylic acids is 5. The Morgan fingerprint density at radius 1 is 1.03 bits per heavy atom. The Labute approximate surface area is 199 Å². The second kappa shape index (κ2) is 7.28. The minimum Gasteiger partial charge on any atom is -0.481 e. The molecule has 0 heterocycles. The number of rotatable bonds is 4. The zero-order chi connectivity index (χ0) is 25.6. The summed E-state index contributed by atoms with van der Waals surface area (Å²) < 4.78 is 0. The molecule has 4 aliphatic carbocycles. The highest BCUT2D eigenvalue weighted by molar-refractivity contribution is 6.48. The number of Topliss-reactive ketones (excluding diaryl/α,β-unsaturated/α-hetero) is 5. The van der Waals surface area contributed by atoms with E-state index in [1.165, 1.54) is 0 Å². The molecule has 0 amide bonds. The van der Waals surface area contributed by atoms with Gasteiger partial charge in [0, 0.05) is 59.0 Å². The lowest BCUT2D eigenvalue weighted by Gasteiger charge is -2.58. The van der Waals surface area contributed by atoms with Crippen LogP contribution in [0.5, 0.6) is 0 Å². The Balaban J connectivity index is 1.91. The molecule has 34 heavy (non-hydrogen) atoms. The third-order valence-corrected chi connectivity index (χ3v) is 10.2. The summed E-state index contributed by atoms with van der Waals surface area (Å²) in [6.07, 6.45) is 0.801. The molecular formula is C27H34O7. The third-order valence-electron chi connectivity index (χ3n) is 10.2. The van der Waals surface area contributed by atoms with Crippen molar-refractivity contribution < 1.29 is 33.9 Å². The second-order valence-corrected chi connectivity index (χ2v) is 12.2. The van der Waals surface area contributed by atoms with Gasteiger partial charge in [-0.1, -0.05) is 41.5 Å². The van der Waals surface area contributed by atoms with E-state index in [1.54, 1.807) is 20.8 Å². The highest BCUT2D eigenvalue weighted by Gasteiger charge is 2.73. The molecule has 1 N–H and O–H groups in total. The van der Waals surface area contributed by atoms with Crippen LogP contribution < -0.4 is 0 Å². The fourth-order valence-corrected chi connectivity index (χ4v) is 8.11. The summed E-state index contributed by atoms with van der Waals surface area (Å²) in [5, 5.41) is 9.12. The average molecular weight is 471 g/mol. The first-order chi connectivity index (χ1) is 15.5. The van der Waals surface area contributed by atoms with Crippen LogP contribution in [-0.4, -0.2) is 40.0 Å². The van der Waals surface area contributed by atoms with Gasteiger partial charge in [0.2, 0.25) is 11.6 Å². The molecule has 0 bridgehead atoms. The summed E-state index contributed by atoms with van der Waals surface area (Å²) in [6, 6.07) is 0. The Morgan fingerprint density at radius 2 is 1.65 bits per heavy atom. The van der Waals surface area contributed by atoms with E-state index in [9.17, 15) is 28.8 Å². The number of ketones is 5. The molecule has 4 rings (SSSR count). The van der Waals surface area contributed by atoms with Gasteiger partial charge in [-0.25, -0.2) is 0 Å². The van der Waals surface area contributed by atoms with Crippen LogP contribution in [-0.2, 0) is 28.8 Å². The molecule has 0 radical (unpaired) electrons. The molecule has 184 valence electrons. The van der Waals surface area contributed by atoms with Crippen molar-refractivity contribution >= 4 is 34.9 Å². The van der Waals surface area contributed by atoms with E-state index >= 15 is 0 Å². The normalized spacial score (nSPS) is 40.1. The fourth-order valence-electron chi connectivity index (χ4n) is 8.11. The number of hydrogen-bond donors (Lipinski definition) is 1. The molecule has 4 aliphatic rings. The molecule has 0 spiro atoms. The van der Waals surface area contributed by atoms with Gasteiger partial charge >= 0.3 is 5.97 Å². The van der Waals surface area contributed by atoms with Gasteiger partial charge in [-0.05, 0) is 24.7 Å². The van der Waals surface area contributed by atoms with Crippen molar-refractivity contribution in [1.29, 1.82) is 0 Å². The third kappa shape index (κ3) is 2.81. The maximum atomic E-state index is 13.9. The Bertz CT molecular complexity index is 1090. The zero-order valence-corrected chi connectivity index (χ0v) is 20.9. The molecule has 0 aromatic heterocycles. The molecule has 0 aromatic rings. The molecule has 0 aromatic carbocycles.